The van der Waals surface area contributed by atoms with Gasteiger partial charge in [-0.2, -0.15) is 5.10 Å². The number of fused-ring (bicyclic) bond motifs is 1. The highest BCUT2D eigenvalue weighted by Gasteiger charge is 2.14. The molecule has 4 N–H and O–H groups in total. The molecule has 0 aliphatic heterocycles. The summed E-state index contributed by atoms with van der Waals surface area (Å²) in [5, 5.41) is 15.6. The van der Waals surface area contributed by atoms with Crippen LogP contribution in [0.2, 0.25) is 0 Å². The number of rotatable bonds is 3. The zero-order valence-electron chi connectivity index (χ0n) is 13.3. The van der Waals surface area contributed by atoms with E-state index >= 15 is 0 Å². The van der Waals surface area contributed by atoms with Crippen LogP contribution < -0.4 is 16.0 Å². The second kappa shape index (κ2) is 6.41. The smallest absolute Gasteiger partial charge is 0.318 e. The highest BCUT2D eigenvalue weighted by atomic mass is 16.2. The SMILES string of the molecule is CNC(=O)Nc1cccc(NC(=O)c2n[nH]c3ccc(C)cc23)c1. The Kier molecular flexibility index (Phi) is 4.15. The Morgan fingerprint density at radius 3 is 2.54 bits per heavy atom. The van der Waals surface area contributed by atoms with E-state index in [0.29, 0.717) is 17.1 Å². The second-order valence-electron chi connectivity index (χ2n) is 5.36. The summed E-state index contributed by atoms with van der Waals surface area (Å²) < 4.78 is 0. The van der Waals surface area contributed by atoms with Crippen LogP contribution in [0.5, 0.6) is 0 Å². The predicted molar refractivity (Wildman–Crippen MR) is 93.3 cm³/mol. The molecule has 2 aromatic carbocycles. The lowest BCUT2D eigenvalue weighted by molar-refractivity contribution is 0.102. The zero-order valence-corrected chi connectivity index (χ0v) is 13.3. The fraction of sp³-hybridized carbons (Fsp3) is 0.118. The maximum atomic E-state index is 12.5. The van der Waals surface area contributed by atoms with Gasteiger partial charge in [0, 0.05) is 23.8 Å². The molecule has 7 heteroatoms. The van der Waals surface area contributed by atoms with Crippen molar-refractivity contribution < 1.29 is 9.59 Å². The van der Waals surface area contributed by atoms with Gasteiger partial charge in [0.25, 0.3) is 5.91 Å². The minimum atomic E-state index is -0.327. The molecule has 0 aliphatic carbocycles. The van der Waals surface area contributed by atoms with Crippen LogP contribution >= 0.6 is 0 Å². The van der Waals surface area contributed by atoms with Crippen LogP contribution in [0.4, 0.5) is 16.2 Å². The van der Waals surface area contributed by atoms with Crippen LogP contribution in [0.3, 0.4) is 0 Å². The number of nitrogens with zero attached hydrogens (tertiary/aromatic N) is 1. The lowest BCUT2D eigenvalue weighted by atomic mass is 10.1. The van der Waals surface area contributed by atoms with Crippen molar-refractivity contribution in [1.29, 1.82) is 0 Å². The average molecular weight is 323 g/mol. The first kappa shape index (κ1) is 15.5. The maximum absolute atomic E-state index is 12.5. The minimum absolute atomic E-state index is 0.316. The van der Waals surface area contributed by atoms with Crippen molar-refractivity contribution in [2.45, 2.75) is 6.92 Å². The molecule has 0 unspecified atom stereocenters. The third-order valence-electron chi connectivity index (χ3n) is 3.54. The summed E-state index contributed by atoms with van der Waals surface area (Å²) in [4.78, 5) is 23.9. The quantitative estimate of drug-likeness (QED) is 0.596. The Hall–Kier alpha value is -3.35. The molecule has 0 atom stereocenters. The summed E-state index contributed by atoms with van der Waals surface area (Å²) >= 11 is 0. The van der Waals surface area contributed by atoms with Gasteiger partial charge < -0.3 is 16.0 Å². The second-order valence-corrected chi connectivity index (χ2v) is 5.36. The molecule has 0 radical (unpaired) electrons. The number of aromatic amines is 1. The Bertz CT molecular complexity index is 916. The molecule has 122 valence electrons. The molecule has 0 spiro atoms. The standard InChI is InChI=1S/C17H17N5O2/c1-10-6-7-14-13(8-10)15(22-21-14)16(23)19-11-4-3-5-12(9-11)20-17(24)18-2/h3-9H,1-2H3,(H,19,23)(H,21,22)(H2,18,20,24). The fourth-order valence-corrected chi connectivity index (χ4v) is 2.36. The molecule has 3 aromatic rings. The summed E-state index contributed by atoms with van der Waals surface area (Å²) in [6.45, 7) is 1.96. The van der Waals surface area contributed by atoms with E-state index in [1.54, 1.807) is 24.3 Å². The molecule has 0 bridgehead atoms. The summed E-state index contributed by atoms with van der Waals surface area (Å²) in [6.07, 6.45) is 0. The van der Waals surface area contributed by atoms with E-state index in [2.05, 4.69) is 26.1 Å². The first-order chi connectivity index (χ1) is 11.6. The molecule has 24 heavy (non-hydrogen) atoms. The number of urea groups is 1. The fourth-order valence-electron chi connectivity index (χ4n) is 2.36. The van der Waals surface area contributed by atoms with Crippen molar-refractivity contribution in [3.8, 4) is 0 Å². The van der Waals surface area contributed by atoms with Crippen LogP contribution in [0.15, 0.2) is 42.5 Å². The number of nitrogens with one attached hydrogen (secondary N) is 4. The van der Waals surface area contributed by atoms with E-state index in [9.17, 15) is 9.59 Å². The number of aromatic nitrogens is 2. The minimum Gasteiger partial charge on any atom is -0.341 e. The molecule has 7 nitrogen and oxygen atoms in total. The Balaban J connectivity index is 1.82. The molecule has 0 aliphatic rings. The lowest BCUT2D eigenvalue weighted by Crippen LogP contribution is -2.24. The number of carbonyl (C=O) groups is 2. The maximum Gasteiger partial charge on any atom is 0.318 e. The number of hydrogen-bond donors (Lipinski definition) is 4. The Morgan fingerprint density at radius 2 is 1.79 bits per heavy atom. The molecule has 1 heterocycles. The van der Waals surface area contributed by atoms with Crippen LogP contribution in [0, 0.1) is 6.92 Å². The van der Waals surface area contributed by atoms with Gasteiger partial charge in [0.2, 0.25) is 0 Å². The van der Waals surface area contributed by atoms with Crippen molar-refractivity contribution in [1.82, 2.24) is 15.5 Å². The summed E-state index contributed by atoms with van der Waals surface area (Å²) in [6, 6.07) is 12.3. The van der Waals surface area contributed by atoms with Gasteiger partial charge >= 0.3 is 6.03 Å². The molecule has 3 rings (SSSR count). The number of carbonyl (C=O) groups excluding carboxylic acids is 2. The van der Waals surface area contributed by atoms with E-state index in [1.807, 2.05) is 25.1 Å². The third-order valence-corrected chi connectivity index (χ3v) is 3.54. The van der Waals surface area contributed by atoms with E-state index in [4.69, 9.17) is 0 Å². The lowest BCUT2D eigenvalue weighted by Gasteiger charge is -2.08. The van der Waals surface area contributed by atoms with Gasteiger partial charge in [0.1, 0.15) is 0 Å². The highest BCUT2D eigenvalue weighted by molar-refractivity contribution is 6.11. The number of H-pyrrole nitrogens is 1. The molecular formula is C17H17N5O2. The topological polar surface area (TPSA) is 98.9 Å². The third kappa shape index (κ3) is 3.19. The Morgan fingerprint density at radius 1 is 1.04 bits per heavy atom. The number of hydrogen-bond acceptors (Lipinski definition) is 3. The summed E-state index contributed by atoms with van der Waals surface area (Å²) in [5.41, 5.74) is 3.33. The molecule has 3 amide bonds. The van der Waals surface area contributed by atoms with Crippen molar-refractivity contribution in [2.24, 2.45) is 0 Å². The first-order valence-electron chi connectivity index (χ1n) is 7.41. The monoisotopic (exact) mass is 323 g/mol. The highest BCUT2D eigenvalue weighted by Crippen LogP contribution is 2.20. The van der Waals surface area contributed by atoms with Crippen LogP contribution in [0.1, 0.15) is 16.1 Å². The average Bonchev–Trinajstić information content (AvgIpc) is 2.98. The number of amides is 3. The van der Waals surface area contributed by atoms with Crippen molar-refractivity contribution in [3.63, 3.8) is 0 Å². The van der Waals surface area contributed by atoms with E-state index in [0.717, 1.165) is 16.5 Å². The van der Waals surface area contributed by atoms with Gasteiger partial charge in [-0.25, -0.2) is 4.79 Å². The molecule has 0 saturated carbocycles. The molecule has 0 fully saturated rings. The molecule has 0 saturated heterocycles. The van der Waals surface area contributed by atoms with Gasteiger partial charge in [-0.3, -0.25) is 9.89 Å². The summed E-state index contributed by atoms with van der Waals surface area (Å²) in [5.74, 6) is -0.316. The van der Waals surface area contributed by atoms with Gasteiger partial charge in [0.05, 0.1) is 5.52 Å². The van der Waals surface area contributed by atoms with Gasteiger partial charge in [-0.15, -0.1) is 0 Å². The van der Waals surface area contributed by atoms with Crippen molar-refractivity contribution in [2.75, 3.05) is 17.7 Å². The van der Waals surface area contributed by atoms with Crippen molar-refractivity contribution in [3.05, 3.63) is 53.7 Å². The van der Waals surface area contributed by atoms with Gasteiger partial charge in [-0.1, -0.05) is 17.7 Å². The van der Waals surface area contributed by atoms with Gasteiger partial charge in [-0.05, 0) is 37.3 Å². The van der Waals surface area contributed by atoms with E-state index < -0.39 is 0 Å². The van der Waals surface area contributed by atoms with E-state index in [-0.39, 0.29) is 11.9 Å². The molecule has 1 aromatic heterocycles. The largest absolute Gasteiger partial charge is 0.341 e. The Labute approximate surface area is 138 Å². The van der Waals surface area contributed by atoms with Crippen LogP contribution in [-0.4, -0.2) is 29.2 Å². The van der Waals surface area contributed by atoms with Crippen LogP contribution in [0.25, 0.3) is 10.9 Å². The number of aryl methyl sites for hydroxylation is 1. The number of benzene rings is 2. The molecular weight excluding hydrogens is 306 g/mol. The summed E-state index contributed by atoms with van der Waals surface area (Å²) in [7, 11) is 1.53. The number of anilines is 2. The first-order valence-corrected chi connectivity index (χ1v) is 7.41. The predicted octanol–water partition coefficient (Wildman–Crippen LogP) is 2.87. The van der Waals surface area contributed by atoms with Gasteiger partial charge in [0.15, 0.2) is 5.69 Å². The van der Waals surface area contributed by atoms with Crippen molar-refractivity contribution >= 4 is 34.2 Å². The van der Waals surface area contributed by atoms with E-state index in [1.165, 1.54) is 7.05 Å². The zero-order chi connectivity index (χ0) is 17.1. The normalized spacial score (nSPS) is 10.4. The van der Waals surface area contributed by atoms with Crippen LogP contribution in [-0.2, 0) is 0 Å².